The third-order valence-electron chi connectivity index (χ3n) is 4.51. The normalized spacial score (nSPS) is 12.5. The van der Waals surface area contributed by atoms with Crippen molar-refractivity contribution in [3.8, 4) is 0 Å². The number of nitrogens with zero attached hydrogens (tertiary/aromatic N) is 1. The Morgan fingerprint density at radius 3 is 2.22 bits per heavy atom. The summed E-state index contributed by atoms with van der Waals surface area (Å²) in [7, 11) is -3.70. The van der Waals surface area contributed by atoms with Gasteiger partial charge in [-0.3, -0.25) is 9.10 Å². The number of sulfonamides is 1. The zero-order valence-electron chi connectivity index (χ0n) is 16.2. The standard InChI is InChI=1S/C20H25ClN2O3S/c1-6-19(20(24)22-16-9-7-13(2)15(4)11-16)23(27(5,25)26)17-10-8-14(3)18(21)12-17/h7-12,19H,6H2,1-5H3,(H,22,24)/t19-/m0/s1. The van der Waals surface area contributed by atoms with Crippen LogP contribution < -0.4 is 9.62 Å². The molecule has 0 saturated heterocycles. The number of rotatable bonds is 6. The van der Waals surface area contributed by atoms with Crippen LogP contribution in [0.4, 0.5) is 11.4 Å². The zero-order valence-corrected chi connectivity index (χ0v) is 17.8. The van der Waals surface area contributed by atoms with E-state index in [0.717, 1.165) is 27.3 Å². The molecule has 5 nitrogen and oxygen atoms in total. The average molecular weight is 409 g/mol. The van der Waals surface area contributed by atoms with Crippen LogP contribution in [-0.4, -0.2) is 26.6 Å². The first-order valence-electron chi connectivity index (χ1n) is 8.68. The van der Waals surface area contributed by atoms with Crippen molar-refractivity contribution in [3.05, 3.63) is 58.1 Å². The molecule has 0 fully saturated rings. The summed E-state index contributed by atoms with van der Waals surface area (Å²) in [6.07, 6.45) is 1.40. The molecule has 2 aromatic rings. The van der Waals surface area contributed by atoms with Gasteiger partial charge in [0.2, 0.25) is 15.9 Å². The summed E-state index contributed by atoms with van der Waals surface area (Å²) < 4.78 is 26.1. The van der Waals surface area contributed by atoms with Crippen LogP contribution in [0.25, 0.3) is 0 Å². The number of carbonyl (C=O) groups is 1. The highest BCUT2D eigenvalue weighted by Gasteiger charge is 2.31. The molecular weight excluding hydrogens is 384 g/mol. The minimum absolute atomic E-state index is 0.315. The second-order valence-electron chi connectivity index (χ2n) is 6.70. The molecule has 27 heavy (non-hydrogen) atoms. The van der Waals surface area contributed by atoms with Gasteiger partial charge in [0, 0.05) is 10.7 Å². The number of hydrogen-bond acceptors (Lipinski definition) is 3. The van der Waals surface area contributed by atoms with E-state index in [4.69, 9.17) is 11.6 Å². The van der Waals surface area contributed by atoms with E-state index >= 15 is 0 Å². The fraction of sp³-hybridized carbons (Fsp3) is 0.350. The van der Waals surface area contributed by atoms with Gasteiger partial charge in [-0.05, 0) is 68.1 Å². The minimum Gasteiger partial charge on any atom is -0.324 e. The summed E-state index contributed by atoms with van der Waals surface area (Å²) in [5.74, 6) is -0.386. The number of amides is 1. The molecule has 1 N–H and O–H groups in total. The van der Waals surface area contributed by atoms with E-state index in [1.165, 1.54) is 0 Å². The molecule has 2 rings (SSSR count). The first kappa shape index (κ1) is 21.3. The van der Waals surface area contributed by atoms with E-state index in [1.54, 1.807) is 31.2 Å². The Morgan fingerprint density at radius 1 is 1.07 bits per heavy atom. The maximum Gasteiger partial charge on any atom is 0.248 e. The van der Waals surface area contributed by atoms with Crippen LogP contribution in [0.15, 0.2) is 36.4 Å². The summed E-state index contributed by atoms with van der Waals surface area (Å²) in [5, 5.41) is 3.28. The Morgan fingerprint density at radius 2 is 1.70 bits per heavy atom. The second kappa shape index (κ2) is 8.31. The predicted octanol–water partition coefficient (Wildman–Crippen LogP) is 4.45. The molecule has 2 aromatic carbocycles. The monoisotopic (exact) mass is 408 g/mol. The highest BCUT2D eigenvalue weighted by atomic mass is 35.5. The second-order valence-corrected chi connectivity index (χ2v) is 8.97. The van der Waals surface area contributed by atoms with Gasteiger partial charge >= 0.3 is 0 Å². The summed E-state index contributed by atoms with van der Waals surface area (Å²) in [6, 6.07) is 9.68. The lowest BCUT2D eigenvalue weighted by molar-refractivity contribution is -0.117. The first-order chi connectivity index (χ1) is 12.5. The van der Waals surface area contributed by atoms with Crippen molar-refractivity contribution < 1.29 is 13.2 Å². The number of aryl methyl sites for hydroxylation is 3. The van der Waals surface area contributed by atoms with E-state index in [0.29, 0.717) is 22.8 Å². The van der Waals surface area contributed by atoms with E-state index in [1.807, 2.05) is 32.9 Å². The molecule has 0 aliphatic rings. The van der Waals surface area contributed by atoms with Crippen molar-refractivity contribution in [1.29, 1.82) is 0 Å². The maximum absolute atomic E-state index is 12.9. The van der Waals surface area contributed by atoms with Crippen LogP contribution in [0.5, 0.6) is 0 Å². The molecule has 0 aromatic heterocycles. The lowest BCUT2D eigenvalue weighted by Crippen LogP contribution is -2.47. The van der Waals surface area contributed by atoms with Gasteiger partial charge in [-0.2, -0.15) is 0 Å². The van der Waals surface area contributed by atoms with Crippen molar-refractivity contribution in [2.45, 2.75) is 40.2 Å². The largest absolute Gasteiger partial charge is 0.324 e. The Kier molecular flexibility index (Phi) is 6.54. The van der Waals surface area contributed by atoms with Crippen molar-refractivity contribution in [2.24, 2.45) is 0 Å². The lowest BCUT2D eigenvalue weighted by atomic mass is 10.1. The van der Waals surface area contributed by atoms with E-state index in [-0.39, 0.29) is 5.91 Å². The summed E-state index contributed by atoms with van der Waals surface area (Å²) >= 11 is 6.18. The summed E-state index contributed by atoms with van der Waals surface area (Å²) in [5.41, 5.74) is 4.01. The summed E-state index contributed by atoms with van der Waals surface area (Å²) in [4.78, 5) is 12.9. The predicted molar refractivity (Wildman–Crippen MR) is 112 cm³/mol. The van der Waals surface area contributed by atoms with Gasteiger partial charge in [-0.15, -0.1) is 0 Å². The van der Waals surface area contributed by atoms with Gasteiger partial charge < -0.3 is 5.32 Å². The summed E-state index contributed by atoms with van der Waals surface area (Å²) in [6.45, 7) is 7.56. The molecule has 0 bridgehead atoms. The lowest BCUT2D eigenvalue weighted by Gasteiger charge is -2.30. The Balaban J connectivity index is 2.40. The van der Waals surface area contributed by atoms with Gasteiger partial charge in [-0.25, -0.2) is 8.42 Å². The molecule has 146 valence electrons. The third-order valence-corrected chi connectivity index (χ3v) is 6.10. The number of carbonyl (C=O) groups excluding carboxylic acids is 1. The van der Waals surface area contributed by atoms with E-state index < -0.39 is 16.1 Å². The van der Waals surface area contributed by atoms with E-state index in [9.17, 15) is 13.2 Å². The molecule has 0 unspecified atom stereocenters. The van der Waals surface area contributed by atoms with Gasteiger partial charge in [0.25, 0.3) is 0 Å². The fourth-order valence-electron chi connectivity index (χ4n) is 2.82. The average Bonchev–Trinajstić information content (AvgIpc) is 2.57. The highest BCUT2D eigenvalue weighted by Crippen LogP contribution is 2.28. The topological polar surface area (TPSA) is 66.5 Å². The minimum atomic E-state index is -3.70. The van der Waals surface area contributed by atoms with Crippen LogP contribution in [0.3, 0.4) is 0 Å². The molecule has 0 heterocycles. The highest BCUT2D eigenvalue weighted by molar-refractivity contribution is 7.92. The van der Waals surface area contributed by atoms with Crippen molar-refractivity contribution >= 4 is 38.9 Å². The molecule has 1 amide bonds. The molecule has 0 aliphatic carbocycles. The molecule has 0 radical (unpaired) electrons. The van der Waals surface area contributed by atoms with Crippen LogP contribution >= 0.6 is 11.6 Å². The third kappa shape index (κ3) is 5.02. The molecule has 1 atom stereocenters. The first-order valence-corrected chi connectivity index (χ1v) is 10.9. The Labute approximate surface area is 166 Å². The van der Waals surface area contributed by atoms with Gasteiger partial charge in [0.05, 0.1) is 11.9 Å². The van der Waals surface area contributed by atoms with Crippen LogP contribution in [0.1, 0.15) is 30.0 Å². The van der Waals surface area contributed by atoms with Crippen molar-refractivity contribution in [3.63, 3.8) is 0 Å². The number of nitrogens with one attached hydrogen (secondary N) is 1. The number of hydrogen-bond donors (Lipinski definition) is 1. The van der Waals surface area contributed by atoms with E-state index in [2.05, 4.69) is 5.32 Å². The van der Waals surface area contributed by atoms with Crippen molar-refractivity contribution in [2.75, 3.05) is 15.9 Å². The van der Waals surface area contributed by atoms with Crippen LogP contribution in [-0.2, 0) is 14.8 Å². The molecule has 0 saturated carbocycles. The van der Waals surface area contributed by atoms with Crippen molar-refractivity contribution in [1.82, 2.24) is 0 Å². The van der Waals surface area contributed by atoms with Gasteiger partial charge in [0.1, 0.15) is 6.04 Å². The quantitative estimate of drug-likeness (QED) is 0.767. The Bertz CT molecular complexity index is 958. The number of halogens is 1. The van der Waals surface area contributed by atoms with Gasteiger partial charge in [-0.1, -0.05) is 30.7 Å². The molecule has 7 heteroatoms. The molecular formula is C20H25ClN2O3S. The van der Waals surface area contributed by atoms with Crippen LogP contribution in [0.2, 0.25) is 5.02 Å². The number of benzene rings is 2. The van der Waals surface area contributed by atoms with Crippen LogP contribution in [0, 0.1) is 20.8 Å². The SMILES string of the molecule is CC[C@@H](C(=O)Nc1ccc(C)c(C)c1)N(c1ccc(C)c(Cl)c1)S(C)(=O)=O. The fourth-order valence-corrected chi connectivity index (χ4v) is 4.20. The Hall–Kier alpha value is -2.05. The van der Waals surface area contributed by atoms with Gasteiger partial charge in [0.15, 0.2) is 0 Å². The maximum atomic E-state index is 12.9. The smallest absolute Gasteiger partial charge is 0.248 e. The molecule has 0 aliphatic heterocycles. The molecule has 0 spiro atoms. The zero-order chi connectivity index (χ0) is 20.4. The number of anilines is 2.